The maximum absolute atomic E-state index is 2.38. The topological polar surface area (TPSA) is 0 Å². The van der Waals surface area contributed by atoms with Gasteiger partial charge < -0.3 is 0 Å². The number of hydrogen-bond donors (Lipinski definition) is 0. The summed E-state index contributed by atoms with van der Waals surface area (Å²) in [6.07, 6.45) is 8.37. The Kier molecular flexibility index (Phi) is 3.85. The molecule has 1 fully saturated rings. The Labute approximate surface area is 97.7 Å². The minimum absolute atomic E-state index is 0.887. The van der Waals surface area contributed by atoms with Crippen LogP contribution in [0.25, 0.3) is 0 Å². The van der Waals surface area contributed by atoms with Gasteiger partial charge in [-0.3, -0.25) is 0 Å². The van der Waals surface area contributed by atoms with Gasteiger partial charge in [-0.15, -0.1) is 11.3 Å². The van der Waals surface area contributed by atoms with E-state index in [2.05, 4.69) is 26.0 Å². The van der Waals surface area contributed by atoms with Crippen molar-refractivity contribution in [2.75, 3.05) is 0 Å². The Balaban J connectivity index is 1.95. The van der Waals surface area contributed by atoms with Crippen molar-refractivity contribution >= 4 is 11.3 Å². The molecule has 0 N–H and O–H groups in total. The molecule has 0 saturated heterocycles. The van der Waals surface area contributed by atoms with E-state index in [4.69, 9.17) is 0 Å². The monoisotopic (exact) mass is 222 g/mol. The molecule has 15 heavy (non-hydrogen) atoms. The molecule has 0 aliphatic heterocycles. The van der Waals surface area contributed by atoms with Crippen LogP contribution >= 0.6 is 11.3 Å². The van der Waals surface area contributed by atoms with Crippen LogP contribution in [0, 0.1) is 5.92 Å². The molecule has 0 nitrogen and oxygen atoms in total. The van der Waals surface area contributed by atoms with Crippen LogP contribution in [0.4, 0.5) is 0 Å². The van der Waals surface area contributed by atoms with Gasteiger partial charge in [-0.2, -0.15) is 0 Å². The van der Waals surface area contributed by atoms with Gasteiger partial charge in [0, 0.05) is 9.75 Å². The van der Waals surface area contributed by atoms with Crippen LogP contribution in [-0.4, -0.2) is 0 Å². The van der Waals surface area contributed by atoms with Crippen molar-refractivity contribution in [3.8, 4) is 0 Å². The van der Waals surface area contributed by atoms with E-state index < -0.39 is 0 Å². The number of aryl methyl sites for hydroxylation is 1. The smallest absolute Gasteiger partial charge is 0.00791 e. The molecular formula is C14H22S. The molecule has 1 aromatic heterocycles. The lowest BCUT2D eigenvalue weighted by molar-refractivity contribution is 0.321. The fourth-order valence-electron chi connectivity index (χ4n) is 2.66. The van der Waals surface area contributed by atoms with Crippen molar-refractivity contribution in [3.05, 3.63) is 21.9 Å². The van der Waals surface area contributed by atoms with E-state index in [0.717, 1.165) is 11.8 Å². The molecule has 1 heterocycles. The molecule has 1 aliphatic rings. The summed E-state index contributed by atoms with van der Waals surface area (Å²) in [7, 11) is 0. The third-order valence-corrected chi connectivity index (χ3v) is 5.25. The highest BCUT2D eigenvalue weighted by Gasteiger charge is 2.22. The van der Waals surface area contributed by atoms with Crippen molar-refractivity contribution in [2.24, 2.45) is 5.92 Å². The first-order chi connectivity index (χ1) is 7.33. The SMILES string of the molecule is CCc1ccc(C2CCC(CC)CC2)s1. The highest BCUT2D eigenvalue weighted by Crippen LogP contribution is 2.39. The van der Waals surface area contributed by atoms with Gasteiger partial charge in [0.1, 0.15) is 0 Å². The predicted octanol–water partition coefficient (Wildman–Crippen LogP) is 4.99. The lowest BCUT2D eigenvalue weighted by Gasteiger charge is -2.27. The van der Waals surface area contributed by atoms with E-state index in [1.165, 1.54) is 38.5 Å². The van der Waals surface area contributed by atoms with Gasteiger partial charge in [0.25, 0.3) is 0 Å². The molecule has 84 valence electrons. The molecule has 0 bridgehead atoms. The molecule has 0 unspecified atom stereocenters. The average Bonchev–Trinajstić information content (AvgIpc) is 2.78. The lowest BCUT2D eigenvalue weighted by atomic mass is 9.80. The third kappa shape index (κ3) is 2.63. The summed E-state index contributed by atoms with van der Waals surface area (Å²) in [5, 5.41) is 0. The standard InChI is InChI=1S/C14H22S/c1-3-11-5-7-12(8-6-11)14-10-9-13(4-2)15-14/h9-12H,3-8H2,1-2H3. The predicted molar refractivity (Wildman–Crippen MR) is 68.7 cm³/mol. The molecule has 1 saturated carbocycles. The van der Waals surface area contributed by atoms with E-state index in [1.54, 1.807) is 9.75 Å². The molecule has 0 spiro atoms. The number of rotatable bonds is 3. The molecule has 2 rings (SSSR count). The van der Waals surface area contributed by atoms with Gasteiger partial charge in [-0.1, -0.05) is 20.3 Å². The second-order valence-electron chi connectivity index (χ2n) is 4.78. The second kappa shape index (κ2) is 5.16. The first kappa shape index (κ1) is 11.2. The maximum atomic E-state index is 2.38. The van der Waals surface area contributed by atoms with Crippen LogP contribution in [0.1, 0.15) is 61.6 Å². The molecule has 0 amide bonds. The van der Waals surface area contributed by atoms with Gasteiger partial charge >= 0.3 is 0 Å². The maximum Gasteiger partial charge on any atom is 0.00791 e. The number of hydrogen-bond acceptors (Lipinski definition) is 1. The average molecular weight is 222 g/mol. The van der Waals surface area contributed by atoms with E-state index in [1.807, 2.05) is 11.3 Å². The molecule has 0 aromatic carbocycles. The first-order valence-electron chi connectivity index (χ1n) is 6.42. The Hall–Kier alpha value is -0.300. The van der Waals surface area contributed by atoms with E-state index in [9.17, 15) is 0 Å². The normalized spacial score (nSPS) is 26.8. The highest BCUT2D eigenvalue weighted by molar-refractivity contribution is 7.12. The summed E-state index contributed by atoms with van der Waals surface area (Å²) >= 11 is 2.05. The largest absolute Gasteiger partial charge is 0.145 e. The van der Waals surface area contributed by atoms with Crippen molar-refractivity contribution < 1.29 is 0 Å². The van der Waals surface area contributed by atoms with Crippen LogP contribution in [0.3, 0.4) is 0 Å². The molecule has 1 aliphatic carbocycles. The highest BCUT2D eigenvalue weighted by atomic mass is 32.1. The Morgan fingerprint density at radius 1 is 1.13 bits per heavy atom. The summed E-state index contributed by atoms with van der Waals surface area (Å²) in [5.74, 6) is 1.91. The Morgan fingerprint density at radius 3 is 2.40 bits per heavy atom. The minimum atomic E-state index is 0.887. The summed E-state index contributed by atoms with van der Waals surface area (Å²) in [6.45, 7) is 4.59. The van der Waals surface area contributed by atoms with Gasteiger partial charge in [0.15, 0.2) is 0 Å². The van der Waals surface area contributed by atoms with E-state index in [-0.39, 0.29) is 0 Å². The van der Waals surface area contributed by atoms with Crippen LogP contribution in [0.2, 0.25) is 0 Å². The van der Waals surface area contributed by atoms with Crippen molar-refractivity contribution in [3.63, 3.8) is 0 Å². The van der Waals surface area contributed by atoms with Crippen LogP contribution in [0.5, 0.6) is 0 Å². The zero-order chi connectivity index (χ0) is 10.7. The zero-order valence-corrected chi connectivity index (χ0v) is 10.8. The van der Waals surface area contributed by atoms with Crippen molar-refractivity contribution in [2.45, 2.75) is 58.3 Å². The Morgan fingerprint density at radius 2 is 1.87 bits per heavy atom. The summed E-state index contributed by atoms with van der Waals surface area (Å²) in [5.41, 5.74) is 0. The zero-order valence-electron chi connectivity index (χ0n) is 9.96. The Bertz CT molecular complexity index is 292. The molecular weight excluding hydrogens is 200 g/mol. The fraction of sp³-hybridized carbons (Fsp3) is 0.714. The molecule has 0 atom stereocenters. The second-order valence-corrected chi connectivity index (χ2v) is 5.98. The summed E-state index contributed by atoms with van der Waals surface area (Å²) in [4.78, 5) is 3.21. The third-order valence-electron chi connectivity index (χ3n) is 3.86. The summed E-state index contributed by atoms with van der Waals surface area (Å²) in [6, 6.07) is 4.70. The van der Waals surface area contributed by atoms with E-state index >= 15 is 0 Å². The van der Waals surface area contributed by atoms with Crippen LogP contribution < -0.4 is 0 Å². The first-order valence-corrected chi connectivity index (χ1v) is 7.23. The molecule has 1 aromatic rings. The number of thiophene rings is 1. The van der Waals surface area contributed by atoms with Crippen molar-refractivity contribution in [1.82, 2.24) is 0 Å². The van der Waals surface area contributed by atoms with Crippen molar-refractivity contribution in [1.29, 1.82) is 0 Å². The minimum Gasteiger partial charge on any atom is -0.145 e. The lowest BCUT2D eigenvalue weighted by Crippen LogP contribution is -2.11. The van der Waals surface area contributed by atoms with Crippen LogP contribution in [-0.2, 0) is 6.42 Å². The molecule has 0 radical (unpaired) electrons. The molecule has 1 heteroatoms. The van der Waals surface area contributed by atoms with Gasteiger partial charge in [-0.05, 0) is 56.1 Å². The van der Waals surface area contributed by atoms with Gasteiger partial charge in [-0.25, -0.2) is 0 Å². The summed E-state index contributed by atoms with van der Waals surface area (Å²) < 4.78 is 0. The van der Waals surface area contributed by atoms with Gasteiger partial charge in [0.05, 0.1) is 0 Å². The van der Waals surface area contributed by atoms with E-state index in [0.29, 0.717) is 0 Å². The van der Waals surface area contributed by atoms with Gasteiger partial charge in [0.2, 0.25) is 0 Å². The van der Waals surface area contributed by atoms with Crippen LogP contribution in [0.15, 0.2) is 12.1 Å². The fourth-order valence-corrected chi connectivity index (χ4v) is 3.78. The quantitative estimate of drug-likeness (QED) is 0.675.